The third-order valence-corrected chi connectivity index (χ3v) is 4.34. The molecule has 3 heterocycles. The Morgan fingerprint density at radius 3 is 3.06 bits per heavy atom. The van der Waals surface area contributed by atoms with Crippen LogP contribution in [0.4, 0.5) is 0 Å². The maximum atomic E-state index is 9.52. The van der Waals surface area contributed by atoms with Gasteiger partial charge in [0.25, 0.3) is 0 Å². The Labute approximate surface area is 108 Å². The van der Waals surface area contributed by atoms with Gasteiger partial charge in [-0.05, 0) is 38.6 Å². The van der Waals surface area contributed by atoms with Crippen LogP contribution in [0.2, 0.25) is 0 Å². The molecule has 0 aliphatic carbocycles. The summed E-state index contributed by atoms with van der Waals surface area (Å²) >= 11 is 0. The summed E-state index contributed by atoms with van der Waals surface area (Å²) in [5.41, 5.74) is 1.31. The van der Waals surface area contributed by atoms with Gasteiger partial charge in [-0.15, -0.1) is 0 Å². The van der Waals surface area contributed by atoms with Gasteiger partial charge in [0, 0.05) is 24.4 Å². The Hall–Kier alpha value is -0.870. The summed E-state index contributed by atoms with van der Waals surface area (Å²) in [5, 5.41) is 13.1. The second-order valence-corrected chi connectivity index (χ2v) is 5.62. The summed E-state index contributed by atoms with van der Waals surface area (Å²) in [5.74, 6) is 1.17. The normalized spacial score (nSPS) is 28.1. The maximum absolute atomic E-state index is 9.52. The first-order valence-electron chi connectivity index (χ1n) is 7.27. The van der Waals surface area contributed by atoms with Crippen LogP contribution in [0.15, 0.2) is 6.20 Å². The first-order chi connectivity index (χ1) is 8.88. The minimum atomic E-state index is 0.244. The van der Waals surface area contributed by atoms with E-state index in [1.54, 1.807) is 0 Å². The Balaban J connectivity index is 1.77. The van der Waals surface area contributed by atoms with Crippen LogP contribution in [0.5, 0.6) is 0 Å². The van der Waals surface area contributed by atoms with E-state index in [2.05, 4.69) is 14.9 Å². The number of aryl methyl sites for hydroxylation is 1. The molecule has 2 N–H and O–H groups in total. The van der Waals surface area contributed by atoms with Crippen LogP contribution in [0.1, 0.15) is 49.7 Å². The second-order valence-electron chi connectivity index (χ2n) is 5.62. The quantitative estimate of drug-likeness (QED) is 0.852. The van der Waals surface area contributed by atoms with Crippen LogP contribution in [-0.4, -0.2) is 33.9 Å². The first kappa shape index (κ1) is 12.2. The molecule has 1 aromatic heterocycles. The molecule has 0 amide bonds. The van der Waals surface area contributed by atoms with Gasteiger partial charge in [-0.1, -0.05) is 6.42 Å². The zero-order chi connectivity index (χ0) is 12.4. The van der Waals surface area contributed by atoms with E-state index in [9.17, 15) is 5.11 Å². The zero-order valence-corrected chi connectivity index (χ0v) is 10.9. The smallest absolute Gasteiger partial charge is 0.110 e. The summed E-state index contributed by atoms with van der Waals surface area (Å²) in [6, 6.07) is 0.835. The summed E-state index contributed by atoms with van der Waals surface area (Å²) in [7, 11) is 0. The molecule has 100 valence electrons. The number of piperidine rings is 1. The molecule has 1 fully saturated rings. The Bertz CT molecular complexity index is 396. The van der Waals surface area contributed by atoms with Crippen molar-refractivity contribution >= 4 is 0 Å². The van der Waals surface area contributed by atoms with E-state index >= 15 is 0 Å². The number of hydrogen-bond acceptors (Lipinski definition) is 3. The predicted molar refractivity (Wildman–Crippen MR) is 70.6 cm³/mol. The Kier molecular flexibility index (Phi) is 3.66. The molecule has 0 aromatic carbocycles. The number of aliphatic hydroxyl groups excluding tert-OH is 1. The van der Waals surface area contributed by atoms with Gasteiger partial charge in [-0.3, -0.25) is 0 Å². The fourth-order valence-corrected chi connectivity index (χ4v) is 3.36. The van der Waals surface area contributed by atoms with Crippen molar-refractivity contribution in [2.45, 2.75) is 57.0 Å². The van der Waals surface area contributed by atoms with Gasteiger partial charge in [0.05, 0.1) is 12.6 Å². The molecule has 2 aliphatic rings. The summed E-state index contributed by atoms with van der Waals surface area (Å²) in [6.07, 6.45) is 10.3. The van der Waals surface area contributed by atoms with Gasteiger partial charge in [0.15, 0.2) is 0 Å². The number of fused-ring (bicyclic) bond motifs is 1. The van der Waals surface area contributed by atoms with E-state index in [0.717, 1.165) is 25.8 Å². The van der Waals surface area contributed by atoms with Crippen molar-refractivity contribution in [1.29, 1.82) is 0 Å². The standard InChI is InChI=1S/C14H23N3O/c18-10-13-6-3-5-12-9-16-14(17(12)13)8-11-4-1-2-7-15-11/h9,11,13,15,18H,1-8,10H2. The van der Waals surface area contributed by atoms with E-state index in [1.807, 2.05) is 6.20 Å². The molecule has 2 unspecified atom stereocenters. The summed E-state index contributed by atoms with van der Waals surface area (Å²) in [6.45, 7) is 1.39. The molecule has 2 atom stereocenters. The molecule has 1 saturated heterocycles. The molecule has 18 heavy (non-hydrogen) atoms. The van der Waals surface area contributed by atoms with Gasteiger partial charge in [0.1, 0.15) is 5.82 Å². The van der Waals surface area contributed by atoms with Crippen molar-refractivity contribution in [1.82, 2.24) is 14.9 Å². The Morgan fingerprint density at radius 1 is 1.33 bits per heavy atom. The van der Waals surface area contributed by atoms with Gasteiger partial charge in [-0.25, -0.2) is 4.98 Å². The van der Waals surface area contributed by atoms with Crippen LogP contribution in [0.3, 0.4) is 0 Å². The molecule has 4 heteroatoms. The predicted octanol–water partition coefficient (Wildman–Crippen LogP) is 1.44. The van der Waals surface area contributed by atoms with Crippen LogP contribution in [0, 0.1) is 0 Å². The third kappa shape index (κ3) is 2.31. The van der Waals surface area contributed by atoms with Crippen molar-refractivity contribution in [2.24, 2.45) is 0 Å². The summed E-state index contributed by atoms with van der Waals surface area (Å²) < 4.78 is 2.31. The number of aromatic nitrogens is 2. The third-order valence-electron chi connectivity index (χ3n) is 4.34. The van der Waals surface area contributed by atoms with E-state index in [0.29, 0.717) is 6.04 Å². The van der Waals surface area contributed by atoms with Crippen LogP contribution in [0.25, 0.3) is 0 Å². The molecular weight excluding hydrogens is 226 g/mol. The lowest BCUT2D eigenvalue weighted by Crippen LogP contribution is -2.37. The fraction of sp³-hybridized carbons (Fsp3) is 0.786. The van der Waals surface area contributed by atoms with E-state index in [4.69, 9.17) is 0 Å². The number of imidazole rings is 1. The molecule has 4 nitrogen and oxygen atoms in total. The fourth-order valence-electron chi connectivity index (χ4n) is 3.36. The monoisotopic (exact) mass is 249 g/mol. The molecule has 0 bridgehead atoms. The van der Waals surface area contributed by atoms with E-state index in [-0.39, 0.29) is 12.6 Å². The van der Waals surface area contributed by atoms with Crippen LogP contribution < -0.4 is 5.32 Å². The molecule has 0 radical (unpaired) electrons. The average Bonchev–Trinajstić information content (AvgIpc) is 2.83. The maximum Gasteiger partial charge on any atom is 0.110 e. The zero-order valence-electron chi connectivity index (χ0n) is 10.9. The highest BCUT2D eigenvalue weighted by Gasteiger charge is 2.24. The van der Waals surface area contributed by atoms with Crippen molar-refractivity contribution in [3.63, 3.8) is 0 Å². The number of nitrogens with one attached hydrogen (secondary N) is 1. The second kappa shape index (κ2) is 5.41. The van der Waals surface area contributed by atoms with E-state index < -0.39 is 0 Å². The minimum absolute atomic E-state index is 0.244. The molecule has 0 saturated carbocycles. The average molecular weight is 249 g/mol. The number of nitrogens with zero attached hydrogens (tertiary/aromatic N) is 2. The van der Waals surface area contributed by atoms with Gasteiger partial charge in [-0.2, -0.15) is 0 Å². The SMILES string of the molecule is OCC1CCCc2cnc(CC3CCCCN3)n21. The van der Waals surface area contributed by atoms with Crippen molar-refractivity contribution in [3.8, 4) is 0 Å². The van der Waals surface area contributed by atoms with Gasteiger partial charge in [0.2, 0.25) is 0 Å². The van der Waals surface area contributed by atoms with Crippen molar-refractivity contribution < 1.29 is 5.11 Å². The highest BCUT2D eigenvalue weighted by Crippen LogP contribution is 2.27. The number of aliphatic hydroxyl groups is 1. The number of hydrogen-bond donors (Lipinski definition) is 2. The van der Waals surface area contributed by atoms with Gasteiger partial charge < -0.3 is 15.0 Å². The van der Waals surface area contributed by atoms with Crippen molar-refractivity contribution in [2.75, 3.05) is 13.2 Å². The molecule has 1 aromatic rings. The van der Waals surface area contributed by atoms with Gasteiger partial charge >= 0.3 is 0 Å². The molecule has 0 spiro atoms. The number of rotatable bonds is 3. The van der Waals surface area contributed by atoms with Crippen molar-refractivity contribution in [3.05, 3.63) is 17.7 Å². The lowest BCUT2D eigenvalue weighted by atomic mass is 10.00. The van der Waals surface area contributed by atoms with E-state index in [1.165, 1.54) is 37.2 Å². The molecule has 2 aliphatic heterocycles. The Morgan fingerprint density at radius 2 is 2.28 bits per heavy atom. The topological polar surface area (TPSA) is 50.1 Å². The largest absolute Gasteiger partial charge is 0.394 e. The van der Waals surface area contributed by atoms with Crippen LogP contribution >= 0.6 is 0 Å². The first-order valence-corrected chi connectivity index (χ1v) is 7.27. The molecule has 3 rings (SSSR count). The highest BCUT2D eigenvalue weighted by molar-refractivity contribution is 5.11. The minimum Gasteiger partial charge on any atom is -0.394 e. The lowest BCUT2D eigenvalue weighted by molar-refractivity contribution is 0.203. The van der Waals surface area contributed by atoms with Crippen LogP contribution in [-0.2, 0) is 12.8 Å². The lowest BCUT2D eigenvalue weighted by Gasteiger charge is -2.28. The summed E-state index contributed by atoms with van der Waals surface area (Å²) in [4.78, 5) is 4.60. The highest BCUT2D eigenvalue weighted by atomic mass is 16.3. The molecular formula is C14H23N3O.